The summed E-state index contributed by atoms with van der Waals surface area (Å²) in [6.45, 7) is 14.2. The monoisotopic (exact) mass is 436 g/mol. The van der Waals surface area contributed by atoms with Crippen LogP contribution in [0, 0.1) is 11.5 Å². The Kier molecular flexibility index (Phi) is 6.17. The smallest absolute Gasteiger partial charge is 0.146 e. The minimum Gasteiger partial charge on any atom is -0.264 e. The molecule has 0 aliphatic rings. The Hall–Kier alpha value is -2.96. The lowest BCUT2D eigenvalue weighted by Gasteiger charge is -2.38. The SMILES string of the molecule is CC(C)[Si](C#Cc1cccc2cccc(-c3ccc4cnccc4n3)c12)(C(C)C)C(C)C. The Balaban J connectivity index is 1.94. The third-order valence-corrected chi connectivity index (χ3v) is 13.2. The molecule has 0 spiro atoms. The lowest BCUT2D eigenvalue weighted by Crippen LogP contribution is -2.43. The van der Waals surface area contributed by atoms with E-state index in [4.69, 9.17) is 4.98 Å². The summed E-state index contributed by atoms with van der Waals surface area (Å²) in [5.41, 5.74) is 9.92. The van der Waals surface area contributed by atoms with Gasteiger partial charge in [0.05, 0.1) is 11.2 Å². The van der Waals surface area contributed by atoms with Crippen molar-refractivity contribution in [1.29, 1.82) is 0 Å². The Morgan fingerprint density at radius 3 is 2.12 bits per heavy atom. The fraction of sp³-hybridized carbons (Fsp3) is 0.310. The van der Waals surface area contributed by atoms with Crippen LogP contribution >= 0.6 is 0 Å². The molecule has 0 aliphatic heterocycles. The molecule has 0 aliphatic carbocycles. The summed E-state index contributed by atoms with van der Waals surface area (Å²) >= 11 is 0. The van der Waals surface area contributed by atoms with Gasteiger partial charge in [0.2, 0.25) is 0 Å². The third-order valence-electron chi connectivity index (χ3n) is 6.95. The molecule has 2 nitrogen and oxygen atoms in total. The van der Waals surface area contributed by atoms with Gasteiger partial charge in [0, 0.05) is 34.3 Å². The number of nitrogens with zero attached hydrogens (tertiary/aromatic N) is 2. The number of fused-ring (bicyclic) bond motifs is 2. The van der Waals surface area contributed by atoms with E-state index >= 15 is 0 Å². The predicted octanol–water partition coefficient (Wildman–Crippen LogP) is 8.02. The van der Waals surface area contributed by atoms with Crippen molar-refractivity contribution in [3.8, 4) is 22.7 Å². The summed E-state index contributed by atoms with van der Waals surface area (Å²) in [6, 6.07) is 19.1. The molecule has 162 valence electrons. The van der Waals surface area contributed by atoms with Crippen LogP contribution in [0.4, 0.5) is 0 Å². The van der Waals surface area contributed by atoms with Crippen LogP contribution in [0.1, 0.15) is 47.1 Å². The molecule has 0 amide bonds. The first kappa shape index (κ1) is 22.2. The first-order chi connectivity index (χ1) is 15.3. The van der Waals surface area contributed by atoms with E-state index in [9.17, 15) is 0 Å². The van der Waals surface area contributed by atoms with Gasteiger partial charge in [0.1, 0.15) is 8.07 Å². The highest BCUT2D eigenvalue weighted by Crippen LogP contribution is 2.41. The second kappa shape index (κ2) is 8.88. The molecule has 0 N–H and O–H groups in total. The van der Waals surface area contributed by atoms with Gasteiger partial charge in [-0.25, -0.2) is 4.98 Å². The van der Waals surface area contributed by atoms with Crippen molar-refractivity contribution in [3.05, 3.63) is 72.6 Å². The summed E-state index contributed by atoms with van der Waals surface area (Å²) in [5.74, 6) is 3.69. The van der Waals surface area contributed by atoms with Gasteiger partial charge in [-0.2, -0.15) is 0 Å². The van der Waals surface area contributed by atoms with Crippen LogP contribution in [0.3, 0.4) is 0 Å². The Morgan fingerprint density at radius 2 is 1.44 bits per heavy atom. The van der Waals surface area contributed by atoms with Crippen LogP contribution in [0.15, 0.2) is 67.0 Å². The molecule has 2 aromatic carbocycles. The highest BCUT2D eigenvalue weighted by molar-refractivity contribution is 6.90. The first-order valence-electron chi connectivity index (χ1n) is 11.6. The molecular formula is C29H32N2Si. The van der Waals surface area contributed by atoms with Crippen molar-refractivity contribution < 1.29 is 0 Å². The Labute approximate surface area is 193 Å². The van der Waals surface area contributed by atoms with Crippen LogP contribution in [0.2, 0.25) is 16.6 Å². The molecule has 3 heteroatoms. The molecule has 0 radical (unpaired) electrons. The lowest BCUT2D eigenvalue weighted by atomic mass is 9.97. The van der Waals surface area contributed by atoms with E-state index in [-0.39, 0.29) is 0 Å². The molecule has 2 heterocycles. The summed E-state index contributed by atoms with van der Waals surface area (Å²) < 4.78 is 0. The highest BCUT2D eigenvalue weighted by Gasteiger charge is 2.41. The van der Waals surface area contributed by atoms with E-state index in [0.717, 1.165) is 27.7 Å². The van der Waals surface area contributed by atoms with Crippen LogP contribution < -0.4 is 0 Å². The normalized spacial score (nSPS) is 12.0. The number of hydrogen-bond acceptors (Lipinski definition) is 2. The van der Waals surface area contributed by atoms with Gasteiger partial charge in [0.25, 0.3) is 0 Å². The van der Waals surface area contributed by atoms with E-state index in [1.54, 1.807) is 6.20 Å². The van der Waals surface area contributed by atoms with Gasteiger partial charge in [-0.3, -0.25) is 4.98 Å². The van der Waals surface area contributed by atoms with Crippen molar-refractivity contribution in [3.63, 3.8) is 0 Å². The van der Waals surface area contributed by atoms with Crippen molar-refractivity contribution in [2.45, 2.75) is 58.2 Å². The molecule has 4 aromatic rings. The summed E-state index contributed by atoms with van der Waals surface area (Å²) in [5, 5.41) is 3.46. The molecule has 0 bridgehead atoms. The highest BCUT2D eigenvalue weighted by atomic mass is 28.3. The fourth-order valence-corrected chi connectivity index (χ4v) is 10.6. The maximum absolute atomic E-state index is 4.95. The van der Waals surface area contributed by atoms with E-state index in [1.165, 1.54) is 10.8 Å². The minimum atomic E-state index is -1.81. The van der Waals surface area contributed by atoms with E-state index in [2.05, 4.69) is 107 Å². The second-order valence-corrected chi connectivity index (χ2v) is 15.2. The van der Waals surface area contributed by atoms with Crippen molar-refractivity contribution in [2.24, 2.45) is 0 Å². The first-order valence-corrected chi connectivity index (χ1v) is 13.8. The zero-order valence-electron chi connectivity index (χ0n) is 20.0. The molecule has 0 saturated carbocycles. The molecule has 2 aromatic heterocycles. The largest absolute Gasteiger partial charge is 0.264 e. The summed E-state index contributed by atoms with van der Waals surface area (Å²) in [4.78, 5) is 9.17. The van der Waals surface area contributed by atoms with Crippen LogP contribution in [-0.2, 0) is 0 Å². The standard InChI is InChI=1S/C29H32N2Si/c1-20(2)32(21(3)4,22(5)6)18-16-24-10-7-9-23-11-8-12-26(29(23)24)28-14-13-25-19-30-17-15-27(25)31-28/h7-15,17,19-22H,1-6H3. The predicted molar refractivity (Wildman–Crippen MR) is 140 cm³/mol. The van der Waals surface area contributed by atoms with E-state index in [0.29, 0.717) is 16.6 Å². The van der Waals surface area contributed by atoms with Gasteiger partial charge in [-0.05, 0) is 46.3 Å². The molecule has 0 fully saturated rings. The minimum absolute atomic E-state index is 0.611. The maximum Gasteiger partial charge on any atom is 0.146 e. The fourth-order valence-electron chi connectivity index (χ4n) is 5.38. The van der Waals surface area contributed by atoms with Crippen LogP contribution in [-0.4, -0.2) is 18.0 Å². The zero-order valence-corrected chi connectivity index (χ0v) is 21.0. The Bertz CT molecular complexity index is 1300. The number of hydrogen-bond donors (Lipinski definition) is 0. The number of rotatable bonds is 4. The number of benzene rings is 2. The van der Waals surface area contributed by atoms with Crippen molar-refractivity contribution in [2.75, 3.05) is 0 Å². The molecule has 4 rings (SSSR count). The lowest BCUT2D eigenvalue weighted by molar-refractivity contribution is 0.838. The molecular weight excluding hydrogens is 404 g/mol. The summed E-state index contributed by atoms with van der Waals surface area (Å²) in [7, 11) is -1.81. The zero-order chi connectivity index (χ0) is 22.9. The van der Waals surface area contributed by atoms with E-state index < -0.39 is 8.07 Å². The van der Waals surface area contributed by atoms with Gasteiger partial charge >= 0.3 is 0 Å². The van der Waals surface area contributed by atoms with Crippen molar-refractivity contribution >= 4 is 29.7 Å². The third kappa shape index (κ3) is 3.85. The van der Waals surface area contributed by atoms with Gasteiger partial charge in [-0.15, -0.1) is 5.54 Å². The Morgan fingerprint density at radius 1 is 0.750 bits per heavy atom. The molecule has 0 atom stereocenters. The van der Waals surface area contributed by atoms with Gasteiger partial charge in [-0.1, -0.05) is 77.8 Å². The average molecular weight is 437 g/mol. The number of pyridine rings is 2. The van der Waals surface area contributed by atoms with Crippen molar-refractivity contribution in [1.82, 2.24) is 9.97 Å². The summed E-state index contributed by atoms with van der Waals surface area (Å²) in [6.07, 6.45) is 3.66. The van der Waals surface area contributed by atoms with Crippen LogP contribution in [0.25, 0.3) is 32.9 Å². The van der Waals surface area contributed by atoms with Crippen LogP contribution in [0.5, 0.6) is 0 Å². The van der Waals surface area contributed by atoms with Gasteiger partial charge in [0.15, 0.2) is 0 Å². The average Bonchev–Trinajstić information content (AvgIpc) is 2.78. The molecule has 0 unspecified atom stereocenters. The van der Waals surface area contributed by atoms with Gasteiger partial charge < -0.3 is 0 Å². The molecule has 32 heavy (non-hydrogen) atoms. The second-order valence-electron chi connectivity index (χ2n) is 9.62. The topological polar surface area (TPSA) is 25.8 Å². The number of aromatic nitrogens is 2. The quantitative estimate of drug-likeness (QED) is 0.239. The molecule has 0 saturated heterocycles. The van der Waals surface area contributed by atoms with E-state index in [1.807, 2.05) is 12.3 Å². The maximum atomic E-state index is 4.95.